The summed E-state index contributed by atoms with van der Waals surface area (Å²) in [6.07, 6.45) is 0.246. The standard InChI is InChI=1S/C21H21NO4S2/c23-27(24)16-15-22(14-13-20(27)18-8-2-1-3-9-18)28(25,26)21-12-6-10-17-7-4-5-11-19(17)21/h1-12,20H,13-16H2. The van der Waals surface area contributed by atoms with Gasteiger partial charge in [0.2, 0.25) is 10.0 Å². The molecule has 0 radical (unpaired) electrons. The van der Waals surface area contributed by atoms with Crippen LogP contribution in [0.5, 0.6) is 0 Å². The molecule has 0 aromatic heterocycles. The lowest BCUT2D eigenvalue weighted by Crippen LogP contribution is -2.33. The number of hydrogen-bond donors (Lipinski definition) is 0. The second kappa shape index (κ2) is 7.31. The third-order valence-electron chi connectivity index (χ3n) is 5.24. The second-order valence-corrected chi connectivity index (χ2v) is 11.1. The normalized spacial score (nSPS) is 20.6. The summed E-state index contributed by atoms with van der Waals surface area (Å²) in [5.41, 5.74) is 0.715. The summed E-state index contributed by atoms with van der Waals surface area (Å²) in [6, 6.07) is 21.5. The minimum absolute atomic E-state index is 0.0305. The molecule has 3 aromatic rings. The third-order valence-corrected chi connectivity index (χ3v) is 9.32. The van der Waals surface area contributed by atoms with Crippen molar-refractivity contribution in [2.75, 3.05) is 18.8 Å². The summed E-state index contributed by atoms with van der Waals surface area (Å²) in [4.78, 5) is 0.223. The van der Waals surface area contributed by atoms with Gasteiger partial charge < -0.3 is 0 Å². The lowest BCUT2D eigenvalue weighted by Gasteiger charge is -2.20. The van der Waals surface area contributed by atoms with Gasteiger partial charge >= 0.3 is 0 Å². The Balaban J connectivity index is 1.70. The average Bonchev–Trinajstić information content (AvgIpc) is 2.86. The van der Waals surface area contributed by atoms with Gasteiger partial charge in [-0.2, -0.15) is 4.31 Å². The summed E-state index contributed by atoms with van der Waals surface area (Å²) in [5.74, 6) is -0.184. The molecular weight excluding hydrogens is 394 g/mol. The molecule has 1 heterocycles. The van der Waals surface area contributed by atoms with Gasteiger partial charge in [0.15, 0.2) is 9.84 Å². The molecule has 0 bridgehead atoms. The van der Waals surface area contributed by atoms with E-state index in [0.717, 1.165) is 5.39 Å². The summed E-state index contributed by atoms with van der Waals surface area (Å²) >= 11 is 0. The summed E-state index contributed by atoms with van der Waals surface area (Å²) in [5, 5.41) is 0.811. The highest BCUT2D eigenvalue weighted by Gasteiger charge is 2.36. The Morgan fingerprint density at radius 1 is 0.821 bits per heavy atom. The minimum atomic E-state index is -3.80. The highest BCUT2D eigenvalue weighted by molar-refractivity contribution is 7.92. The maximum Gasteiger partial charge on any atom is 0.243 e. The zero-order valence-corrected chi connectivity index (χ0v) is 16.9. The van der Waals surface area contributed by atoms with E-state index in [2.05, 4.69) is 0 Å². The van der Waals surface area contributed by atoms with Crippen molar-refractivity contribution in [2.24, 2.45) is 0 Å². The van der Waals surface area contributed by atoms with Gasteiger partial charge in [-0.1, -0.05) is 66.7 Å². The van der Waals surface area contributed by atoms with Crippen molar-refractivity contribution in [3.8, 4) is 0 Å². The Morgan fingerprint density at radius 3 is 2.29 bits per heavy atom. The highest BCUT2D eigenvalue weighted by atomic mass is 32.2. The quantitative estimate of drug-likeness (QED) is 0.657. The molecule has 1 aliphatic rings. The van der Waals surface area contributed by atoms with Gasteiger partial charge in [0.25, 0.3) is 0 Å². The lowest BCUT2D eigenvalue weighted by molar-refractivity contribution is 0.428. The van der Waals surface area contributed by atoms with Crippen molar-refractivity contribution in [3.05, 3.63) is 78.4 Å². The van der Waals surface area contributed by atoms with Gasteiger partial charge in [-0.05, 0) is 23.4 Å². The first-order chi connectivity index (χ1) is 13.4. The van der Waals surface area contributed by atoms with Crippen molar-refractivity contribution in [2.45, 2.75) is 16.6 Å². The molecule has 0 N–H and O–H groups in total. The molecule has 28 heavy (non-hydrogen) atoms. The van der Waals surface area contributed by atoms with Crippen LogP contribution in [-0.4, -0.2) is 40.0 Å². The molecule has 7 heteroatoms. The van der Waals surface area contributed by atoms with E-state index in [1.807, 2.05) is 24.3 Å². The van der Waals surface area contributed by atoms with Gasteiger partial charge in [-0.15, -0.1) is 0 Å². The summed E-state index contributed by atoms with van der Waals surface area (Å²) in [7, 11) is -7.24. The third kappa shape index (κ3) is 3.45. The van der Waals surface area contributed by atoms with E-state index in [9.17, 15) is 16.8 Å². The first-order valence-electron chi connectivity index (χ1n) is 9.14. The fourth-order valence-electron chi connectivity index (χ4n) is 3.77. The largest absolute Gasteiger partial charge is 0.243 e. The van der Waals surface area contributed by atoms with Crippen molar-refractivity contribution >= 4 is 30.6 Å². The van der Waals surface area contributed by atoms with E-state index < -0.39 is 25.1 Å². The van der Waals surface area contributed by atoms with E-state index in [1.165, 1.54) is 4.31 Å². The summed E-state index contributed by atoms with van der Waals surface area (Å²) < 4.78 is 53.6. The second-order valence-electron chi connectivity index (χ2n) is 6.94. The maximum absolute atomic E-state index is 13.3. The van der Waals surface area contributed by atoms with E-state index in [-0.39, 0.29) is 30.2 Å². The van der Waals surface area contributed by atoms with Crippen LogP contribution in [0.3, 0.4) is 0 Å². The molecule has 1 fully saturated rings. The zero-order valence-electron chi connectivity index (χ0n) is 15.2. The monoisotopic (exact) mass is 415 g/mol. The van der Waals surface area contributed by atoms with E-state index in [4.69, 9.17) is 0 Å². The fourth-order valence-corrected chi connectivity index (χ4v) is 7.35. The van der Waals surface area contributed by atoms with Crippen LogP contribution in [0, 0.1) is 0 Å². The minimum Gasteiger partial charge on any atom is -0.228 e. The van der Waals surface area contributed by atoms with Gasteiger partial charge in [-0.25, -0.2) is 16.8 Å². The molecule has 146 valence electrons. The summed E-state index contributed by atoms with van der Waals surface area (Å²) in [6.45, 7) is 0.140. The molecule has 1 atom stereocenters. The molecule has 0 spiro atoms. The van der Waals surface area contributed by atoms with Gasteiger partial charge in [0.1, 0.15) is 0 Å². The van der Waals surface area contributed by atoms with Crippen molar-refractivity contribution in [3.63, 3.8) is 0 Å². The average molecular weight is 416 g/mol. The van der Waals surface area contributed by atoms with Crippen LogP contribution >= 0.6 is 0 Å². The van der Waals surface area contributed by atoms with E-state index in [1.54, 1.807) is 48.5 Å². The SMILES string of the molecule is O=S1(=O)CCN(S(=O)(=O)c2cccc3ccccc23)CCC1c1ccccc1. The smallest absolute Gasteiger partial charge is 0.228 e. The Bertz CT molecular complexity index is 1200. The maximum atomic E-state index is 13.3. The number of rotatable bonds is 3. The van der Waals surface area contributed by atoms with Crippen LogP contribution in [0.25, 0.3) is 10.8 Å². The Kier molecular flexibility index (Phi) is 4.99. The topological polar surface area (TPSA) is 71.5 Å². The van der Waals surface area contributed by atoms with Crippen molar-refractivity contribution in [1.82, 2.24) is 4.31 Å². The molecule has 0 aliphatic carbocycles. The van der Waals surface area contributed by atoms with Crippen molar-refractivity contribution in [1.29, 1.82) is 0 Å². The molecule has 4 rings (SSSR count). The molecule has 0 amide bonds. The number of sulfonamides is 1. The van der Waals surface area contributed by atoms with Crippen LogP contribution < -0.4 is 0 Å². The molecule has 1 saturated heterocycles. The van der Waals surface area contributed by atoms with E-state index >= 15 is 0 Å². The number of benzene rings is 3. The molecule has 0 saturated carbocycles. The predicted molar refractivity (Wildman–Crippen MR) is 110 cm³/mol. The Hall–Kier alpha value is -2.22. The van der Waals surface area contributed by atoms with Crippen LogP contribution in [0.2, 0.25) is 0 Å². The number of hydrogen-bond acceptors (Lipinski definition) is 4. The first-order valence-corrected chi connectivity index (χ1v) is 12.3. The predicted octanol–water partition coefficient (Wildman–Crippen LogP) is 3.39. The number of sulfone groups is 1. The number of nitrogens with zero attached hydrogens (tertiary/aromatic N) is 1. The molecule has 5 nitrogen and oxygen atoms in total. The van der Waals surface area contributed by atoms with Crippen LogP contribution in [0.1, 0.15) is 17.2 Å². The molecule has 3 aromatic carbocycles. The van der Waals surface area contributed by atoms with Crippen LogP contribution in [-0.2, 0) is 19.9 Å². The molecule has 1 aliphatic heterocycles. The lowest BCUT2D eigenvalue weighted by atomic mass is 10.1. The van der Waals surface area contributed by atoms with Crippen molar-refractivity contribution < 1.29 is 16.8 Å². The number of fused-ring (bicyclic) bond motifs is 1. The highest BCUT2D eigenvalue weighted by Crippen LogP contribution is 2.32. The van der Waals surface area contributed by atoms with E-state index in [0.29, 0.717) is 10.9 Å². The van der Waals surface area contributed by atoms with Crippen LogP contribution in [0.4, 0.5) is 0 Å². The Labute approximate surface area is 165 Å². The molecular formula is C21H21NO4S2. The van der Waals surface area contributed by atoms with Gasteiger partial charge in [0, 0.05) is 18.5 Å². The van der Waals surface area contributed by atoms with Gasteiger partial charge in [-0.3, -0.25) is 0 Å². The fraction of sp³-hybridized carbons (Fsp3) is 0.238. The first kappa shape index (κ1) is 19.1. The van der Waals surface area contributed by atoms with Gasteiger partial charge in [0.05, 0.1) is 15.9 Å². The Morgan fingerprint density at radius 2 is 1.50 bits per heavy atom. The van der Waals surface area contributed by atoms with Crippen LogP contribution in [0.15, 0.2) is 77.7 Å². The molecule has 1 unspecified atom stereocenters. The zero-order chi connectivity index (χ0) is 19.8.